The van der Waals surface area contributed by atoms with Gasteiger partial charge in [0.2, 0.25) is 0 Å². The van der Waals surface area contributed by atoms with Gasteiger partial charge < -0.3 is 4.74 Å². The predicted molar refractivity (Wildman–Crippen MR) is 117 cm³/mol. The van der Waals surface area contributed by atoms with Crippen LogP contribution in [0.3, 0.4) is 0 Å². The third-order valence-electron chi connectivity index (χ3n) is 5.02. The van der Waals surface area contributed by atoms with Crippen LogP contribution in [-0.4, -0.2) is 17.8 Å². The molecule has 4 amide bonds. The number of urea groups is 1. The first-order chi connectivity index (χ1) is 15.5. The molecular weight excluding hydrogens is 411 g/mol. The summed E-state index contributed by atoms with van der Waals surface area (Å²) in [6.45, 7) is 1.74. The normalized spacial score (nSPS) is 15.1. The van der Waals surface area contributed by atoms with E-state index in [0.29, 0.717) is 28.1 Å². The van der Waals surface area contributed by atoms with Gasteiger partial charge in [-0.05, 0) is 36.8 Å². The summed E-state index contributed by atoms with van der Waals surface area (Å²) in [7, 11) is 0. The van der Waals surface area contributed by atoms with Crippen LogP contribution >= 0.6 is 0 Å². The van der Waals surface area contributed by atoms with Crippen molar-refractivity contribution in [3.05, 3.63) is 101 Å². The molecule has 1 N–H and O–H groups in total. The van der Waals surface area contributed by atoms with Crippen molar-refractivity contribution in [3.8, 4) is 5.75 Å². The number of imide groups is 2. The number of barbiturate groups is 1. The summed E-state index contributed by atoms with van der Waals surface area (Å²) in [5.41, 5.74) is 1.70. The first kappa shape index (κ1) is 21.0. The van der Waals surface area contributed by atoms with E-state index in [1.54, 1.807) is 73.7 Å². The van der Waals surface area contributed by atoms with Gasteiger partial charge in [0.15, 0.2) is 0 Å². The van der Waals surface area contributed by atoms with Gasteiger partial charge in [0.1, 0.15) is 23.7 Å². The summed E-state index contributed by atoms with van der Waals surface area (Å²) in [5.74, 6) is -1.56. The number of benzene rings is 3. The van der Waals surface area contributed by atoms with Crippen molar-refractivity contribution in [1.82, 2.24) is 5.32 Å². The van der Waals surface area contributed by atoms with E-state index in [1.165, 1.54) is 12.1 Å². The highest BCUT2D eigenvalue weighted by Crippen LogP contribution is 2.27. The highest BCUT2D eigenvalue weighted by atomic mass is 19.1. The molecule has 0 atom stereocenters. The lowest BCUT2D eigenvalue weighted by molar-refractivity contribution is -0.122. The van der Waals surface area contributed by atoms with Gasteiger partial charge in [-0.1, -0.05) is 54.6 Å². The lowest BCUT2D eigenvalue weighted by Gasteiger charge is -2.27. The molecule has 3 aromatic carbocycles. The highest BCUT2D eigenvalue weighted by Gasteiger charge is 2.37. The molecule has 0 aliphatic carbocycles. The average molecular weight is 430 g/mol. The molecule has 0 saturated carbocycles. The smallest absolute Gasteiger partial charge is 0.335 e. The third-order valence-corrected chi connectivity index (χ3v) is 5.02. The summed E-state index contributed by atoms with van der Waals surface area (Å²) in [6, 6.07) is 19.1. The molecule has 6 nitrogen and oxygen atoms in total. The Morgan fingerprint density at radius 3 is 2.41 bits per heavy atom. The van der Waals surface area contributed by atoms with E-state index in [9.17, 15) is 18.8 Å². The van der Waals surface area contributed by atoms with Gasteiger partial charge in [0.25, 0.3) is 11.8 Å². The Morgan fingerprint density at radius 1 is 0.938 bits per heavy atom. The number of aryl methyl sites for hydroxylation is 1. The second kappa shape index (κ2) is 8.85. The van der Waals surface area contributed by atoms with Crippen LogP contribution in [0.15, 0.2) is 78.4 Å². The van der Waals surface area contributed by atoms with Crippen molar-refractivity contribution in [2.75, 3.05) is 4.90 Å². The maximum atomic E-state index is 13.9. The van der Waals surface area contributed by atoms with Crippen molar-refractivity contribution in [3.63, 3.8) is 0 Å². The van der Waals surface area contributed by atoms with Gasteiger partial charge in [0, 0.05) is 11.1 Å². The fraction of sp³-hybridized carbons (Fsp3) is 0.0800. The van der Waals surface area contributed by atoms with E-state index in [2.05, 4.69) is 5.32 Å². The molecule has 4 rings (SSSR count). The molecule has 3 aromatic rings. The third kappa shape index (κ3) is 4.13. The van der Waals surface area contributed by atoms with Crippen LogP contribution in [0, 0.1) is 12.7 Å². The molecule has 0 bridgehead atoms. The van der Waals surface area contributed by atoms with Crippen molar-refractivity contribution < 1.29 is 23.5 Å². The van der Waals surface area contributed by atoms with E-state index in [0.717, 1.165) is 4.90 Å². The molecule has 1 aliphatic rings. The summed E-state index contributed by atoms with van der Waals surface area (Å²) in [5, 5.41) is 2.21. The first-order valence-corrected chi connectivity index (χ1v) is 9.88. The van der Waals surface area contributed by atoms with Crippen LogP contribution in [-0.2, 0) is 16.2 Å². The van der Waals surface area contributed by atoms with Crippen molar-refractivity contribution >= 4 is 29.6 Å². The topological polar surface area (TPSA) is 75.7 Å². The lowest BCUT2D eigenvalue weighted by Crippen LogP contribution is -2.54. The Bertz CT molecular complexity index is 1250. The zero-order valence-corrected chi connectivity index (χ0v) is 17.2. The second-order valence-electron chi connectivity index (χ2n) is 7.16. The number of halogens is 1. The number of amides is 4. The summed E-state index contributed by atoms with van der Waals surface area (Å²) in [4.78, 5) is 38.9. The first-order valence-electron chi connectivity index (χ1n) is 9.88. The predicted octanol–water partition coefficient (Wildman–Crippen LogP) is 4.38. The maximum Gasteiger partial charge on any atom is 0.335 e. The quantitative estimate of drug-likeness (QED) is 0.482. The summed E-state index contributed by atoms with van der Waals surface area (Å²) in [6.07, 6.45) is 1.37. The van der Waals surface area contributed by atoms with Crippen LogP contribution in [0.25, 0.3) is 6.08 Å². The number of hydrogen-bond acceptors (Lipinski definition) is 4. The Kier molecular flexibility index (Phi) is 5.81. The molecular formula is C25H19FN2O4. The Balaban J connectivity index is 1.66. The molecule has 1 heterocycles. The number of nitrogens with zero attached hydrogens (tertiary/aromatic N) is 1. The zero-order chi connectivity index (χ0) is 22.7. The lowest BCUT2D eigenvalue weighted by atomic mass is 10.0. The number of rotatable bonds is 5. The van der Waals surface area contributed by atoms with E-state index >= 15 is 0 Å². The molecule has 1 aliphatic heterocycles. The van der Waals surface area contributed by atoms with Crippen LogP contribution in [0.5, 0.6) is 5.75 Å². The number of ether oxygens (including phenoxy) is 1. The molecule has 0 unspecified atom stereocenters. The fourth-order valence-corrected chi connectivity index (χ4v) is 3.35. The average Bonchev–Trinajstić information content (AvgIpc) is 2.78. The van der Waals surface area contributed by atoms with Crippen LogP contribution in [0.1, 0.15) is 16.7 Å². The van der Waals surface area contributed by atoms with Crippen molar-refractivity contribution in [2.45, 2.75) is 13.5 Å². The second-order valence-corrected chi connectivity index (χ2v) is 7.16. The van der Waals surface area contributed by atoms with Gasteiger partial charge in [-0.3, -0.25) is 14.9 Å². The van der Waals surface area contributed by atoms with Crippen molar-refractivity contribution in [2.24, 2.45) is 0 Å². The molecule has 1 saturated heterocycles. The number of nitrogens with one attached hydrogen (secondary N) is 1. The maximum absolute atomic E-state index is 13.9. The van der Waals surface area contributed by atoms with Gasteiger partial charge in [-0.2, -0.15) is 0 Å². The number of carbonyl (C=O) groups excluding carboxylic acids is 3. The van der Waals surface area contributed by atoms with Crippen LogP contribution < -0.4 is 15.0 Å². The zero-order valence-electron chi connectivity index (χ0n) is 17.2. The van der Waals surface area contributed by atoms with Crippen LogP contribution in [0.2, 0.25) is 0 Å². The van der Waals surface area contributed by atoms with Gasteiger partial charge in [-0.15, -0.1) is 0 Å². The van der Waals surface area contributed by atoms with E-state index in [1.807, 2.05) is 0 Å². The standard InChI is InChI=1S/C25H19FN2O4/c1-16-8-2-6-12-21(16)28-24(30)19(23(29)27-25(28)31)14-17-9-4-7-13-22(17)32-15-18-10-3-5-11-20(18)26/h2-14H,15H2,1H3,(H,27,29,31)/b19-14+. The minimum absolute atomic E-state index is 0.0270. The molecule has 0 aromatic heterocycles. The molecule has 1 fully saturated rings. The number of anilines is 1. The Labute approximate surface area is 183 Å². The fourth-order valence-electron chi connectivity index (χ4n) is 3.35. The van der Waals surface area contributed by atoms with E-state index in [-0.39, 0.29) is 12.2 Å². The van der Waals surface area contributed by atoms with Crippen LogP contribution in [0.4, 0.5) is 14.9 Å². The summed E-state index contributed by atoms with van der Waals surface area (Å²) >= 11 is 0. The number of para-hydroxylation sites is 2. The van der Waals surface area contributed by atoms with Gasteiger partial charge in [-0.25, -0.2) is 14.1 Å². The number of carbonyl (C=O) groups is 3. The monoisotopic (exact) mass is 430 g/mol. The van der Waals surface area contributed by atoms with E-state index in [4.69, 9.17) is 4.74 Å². The summed E-state index contributed by atoms with van der Waals surface area (Å²) < 4.78 is 19.7. The number of hydrogen-bond donors (Lipinski definition) is 1. The SMILES string of the molecule is Cc1ccccc1N1C(=O)NC(=O)/C(=C\c2ccccc2OCc2ccccc2F)C1=O. The molecule has 0 radical (unpaired) electrons. The van der Waals surface area contributed by atoms with Gasteiger partial charge >= 0.3 is 6.03 Å². The molecule has 32 heavy (non-hydrogen) atoms. The van der Waals surface area contributed by atoms with Crippen molar-refractivity contribution in [1.29, 1.82) is 0 Å². The Hall–Kier alpha value is -4.26. The molecule has 160 valence electrons. The Morgan fingerprint density at radius 2 is 1.62 bits per heavy atom. The van der Waals surface area contributed by atoms with Gasteiger partial charge in [0.05, 0.1) is 5.69 Å². The minimum atomic E-state index is -0.810. The molecule has 7 heteroatoms. The highest BCUT2D eigenvalue weighted by molar-refractivity contribution is 6.39. The molecule has 0 spiro atoms. The van der Waals surface area contributed by atoms with E-state index < -0.39 is 23.7 Å². The minimum Gasteiger partial charge on any atom is -0.488 e. The largest absolute Gasteiger partial charge is 0.488 e.